The minimum absolute atomic E-state index is 0.00461. The van der Waals surface area contributed by atoms with E-state index in [2.05, 4.69) is 25.4 Å². The molecule has 1 unspecified atom stereocenters. The zero-order valence-electron chi connectivity index (χ0n) is 17.1. The lowest BCUT2D eigenvalue weighted by Gasteiger charge is -2.27. The molecule has 12 nitrogen and oxygen atoms in total. The average Bonchev–Trinajstić information content (AvgIpc) is 2.82. The van der Waals surface area contributed by atoms with Crippen LogP contribution in [-0.4, -0.2) is 49.0 Å². The first-order valence-electron chi connectivity index (χ1n) is 9.68. The Morgan fingerprint density at radius 2 is 1.70 bits per heavy atom. The highest BCUT2D eigenvalue weighted by molar-refractivity contribution is 6.29. The van der Waals surface area contributed by atoms with Gasteiger partial charge in [-0.2, -0.15) is 0 Å². The summed E-state index contributed by atoms with van der Waals surface area (Å²) in [6.07, 6.45) is -1.22. The standard InChI is InChI=1S/C20H18ClN7O5/c21-10-16(29)26-11-8-13-18(15(9-11)33-7-5-25-28-23)20(31)17-12(19(13)30)2-1-3-14(17)32-6-4-24-27-22/h1-3,8-9,19,30H,4-7,10H2,(H,26,29). The lowest BCUT2D eigenvalue weighted by Crippen LogP contribution is -2.23. The molecule has 2 aromatic carbocycles. The number of halogens is 1. The number of amides is 1. The molecule has 3 rings (SSSR count). The third-order valence-corrected chi connectivity index (χ3v) is 4.91. The summed E-state index contributed by atoms with van der Waals surface area (Å²) in [6.45, 7) is 0.0646. The van der Waals surface area contributed by atoms with E-state index in [9.17, 15) is 14.7 Å². The molecule has 1 amide bonds. The second kappa shape index (κ2) is 11.1. The van der Waals surface area contributed by atoms with Gasteiger partial charge in [0.2, 0.25) is 11.7 Å². The lowest BCUT2D eigenvalue weighted by molar-refractivity contribution is -0.113. The van der Waals surface area contributed by atoms with Crippen LogP contribution in [0.25, 0.3) is 20.9 Å². The van der Waals surface area contributed by atoms with Crippen LogP contribution in [-0.2, 0) is 4.79 Å². The van der Waals surface area contributed by atoms with E-state index in [0.29, 0.717) is 5.56 Å². The predicted molar refractivity (Wildman–Crippen MR) is 119 cm³/mol. The maximum absolute atomic E-state index is 13.5. The Bertz CT molecular complexity index is 1180. The van der Waals surface area contributed by atoms with Gasteiger partial charge in [-0.15, -0.1) is 11.6 Å². The summed E-state index contributed by atoms with van der Waals surface area (Å²) in [5.41, 5.74) is 17.9. The first kappa shape index (κ1) is 23.7. The molecule has 1 atom stereocenters. The van der Waals surface area contributed by atoms with Crippen molar-refractivity contribution in [2.45, 2.75) is 6.10 Å². The zero-order chi connectivity index (χ0) is 23.8. The van der Waals surface area contributed by atoms with E-state index in [4.69, 9.17) is 32.1 Å². The summed E-state index contributed by atoms with van der Waals surface area (Å²) in [5, 5.41) is 20.4. The van der Waals surface area contributed by atoms with Gasteiger partial charge >= 0.3 is 0 Å². The maximum Gasteiger partial charge on any atom is 0.239 e. The summed E-state index contributed by atoms with van der Waals surface area (Å²) in [6, 6.07) is 7.69. The molecule has 0 aliphatic heterocycles. The number of benzene rings is 2. The molecule has 0 saturated carbocycles. The SMILES string of the molecule is [N-]=[N+]=NCCOc1cccc2c1C(=O)c1c(OCCN=[N+]=[N-])cc(NC(=O)CCl)cc1C2O. The molecular formula is C20H18ClN7O5. The van der Waals surface area contributed by atoms with Crippen LogP contribution in [0.2, 0.25) is 0 Å². The number of carbonyl (C=O) groups excluding carboxylic acids is 2. The van der Waals surface area contributed by atoms with E-state index in [1.54, 1.807) is 18.2 Å². The fraction of sp³-hybridized carbons (Fsp3) is 0.300. The zero-order valence-corrected chi connectivity index (χ0v) is 17.9. The first-order valence-corrected chi connectivity index (χ1v) is 10.2. The van der Waals surface area contributed by atoms with Crippen molar-refractivity contribution in [1.82, 2.24) is 0 Å². The molecule has 33 heavy (non-hydrogen) atoms. The van der Waals surface area contributed by atoms with Crippen LogP contribution in [0, 0.1) is 0 Å². The number of nitrogens with zero attached hydrogens (tertiary/aromatic N) is 6. The van der Waals surface area contributed by atoms with Crippen molar-refractivity contribution >= 4 is 29.0 Å². The molecule has 0 spiro atoms. The van der Waals surface area contributed by atoms with Crippen molar-refractivity contribution in [2.24, 2.45) is 10.2 Å². The molecule has 1 aliphatic carbocycles. The van der Waals surface area contributed by atoms with Gasteiger partial charge in [0.25, 0.3) is 0 Å². The number of nitrogens with one attached hydrogen (secondary N) is 1. The highest BCUT2D eigenvalue weighted by Gasteiger charge is 2.35. The minimum atomic E-state index is -1.22. The van der Waals surface area contributed by atoms with Gasteiger partial charge in [0.15, 0.2) is 0 Å². The largest absolute Gasteiger partial charge is 0.493 e. The number of aliphatic hydroxyl groups is 1. The molecule has 0 aromatic heterocycles. The van der Waals surface area contributed by atoms with Gasteiger partial charge in [-0.3, -0.25) is 9.59 Å². The lowest BCUT2D eigenvalue weighted by atomic mass is 9.81. The number of hydrogen-bond acceptors (Lipinski definition) is 7. The van der Waals surface area contributed by atoms with Gasteiger partial charge in [-0.1, -0.05) is 22.4 Å². The number of ether oxygens (including phenoxy) is 2. The third kappa shape index (κ3) is 5.28. The third-order valence-electron chi connectivity index (χ3n) is 4.66. The van der Waals surface area contributed by atoms with Gasteiger partial charge in [-0.25, -0.2) is 0 Å². The van der Waals surface area contributed by atoms with Gasteiger partial charge in [0.05, 0.1) is 37.4 Å². The summed E-state index contributed by atoms with van der Waals surface area (Å²) in [4.78, 5) is 30.6. The number of fused-ring (bicyclic) bond motifs is 2. The number of ketones is 1. The Morgan fingerprint density at radius 3 is 2.33 bits per heavy atom. The summed E-state index contributed by atoms with van der Waals surface area (Å²) in [5.74, 6) is -0.924. The fourth-order valence-electron chi connectivity index (χ4n) is 3.39. The van der Waals surface area contributed by atoms with E-state index < -0.39 is 17.8 Å². The van der Waals surface area contributed by atoms with Crippen molar-refractivity contribution in [3.8, 4) is 11.5 Å². The first-order chi connectivity index (χ1) is 16.0. The number of alkyl halides is 1. The molecule has 1 aliphatic rings. The van der Waals surface area contributed by atoms with Gasteiger partial charge in [-0.05, 0) is 28.8 Å². The van der Waals surface area contributed by atoms with Gasteiger partial charge in [0.1, 0.15) is 23.5 Å². The highest BCUT2D eigenvalue weighted by atomic mass is 35.5. The Balaban J connectivity index is 2.06. The average molecular weight is 472 g/mol. The van der Waals surface area contributed by atoms with Crippen LogP contribution in [0.3, 0.4) is 0 Å². The Kier molecular flexibility index (Phi) is 7.96. The number of rotatable bonds is 10. The van der Waals surface area contributed by atoms with Crippen molar-refractivity contribution < 1.29 is 24.2 Å². The van der Waals surface area contributed by atoms with Crippen LogP contribution in [0.5, 0.6) is 11.5 Å². The molecule has 2 N–H and O–H groups in total. The van der Waals surface area contributed by atoms with Crippen molar-refractivity contribution in [3.05, 3.63) is 73.5 Å². The molecule has 13 heteroatoms. The molecule has 2 aromatic rings. The van der Waals surface area contributed by atoms with Crippen LogP contribution >= 0.6 is 11.6 Å². The van der Waals surface area contributed by atoms with E-state index >= 15 is 0 Å². The van der Waals surface area contributed by atoms with Crippen molar-refractivity contribution in [3.63, 3.8) is 0 Å². The summed E-state index contributed by atoms with van der Waals surface area (Å²) in [7, 11) is 0. The number of azide groups is 2. The van der Waals surface area contributed by atoms with Crippen molar-refractivity contribution in [2.75, 3.05) is 37.5 Å². The normalized spacial score (nSPS) is 13.6. The van der Waals surface area contributed by atoms with Gasteiger partial charge in [0, 0.05) is 27.1 Å². The quantitative estimate of drug-likeness (QED) is 0.175. The molecule has 170 valence electrons. The van der Waals surface area contributed by atoms with E-state index in [0.717, 1.165) is 0 Å². The molecule has 0 saturated heterocycles. The monoisotopic (exact) mass is 471 g/mol. The summed E-state index contributed by atoms with van der Waals surface area (Å²) < 4.78 is 11.3. The topological polar surface area (TPSA) is 182 Å². The van der Waals surface area contributed by atoms with Gasteiger partial charge < -0.3 is 19.9 Å². The number of hydrogen-bond donors (Lipinski definition) is 2. The minimum Gasteiger partial charge on any atom is -0.493 e. The second-order valence-corrected chi connectivity index (χ2v) is 6.95. The van der Waals surface area contributed by atoms with E-state index in [-0.39, 0.29) is 66.1 Å². The Labute approximate surface area is 192 Å². The molecule has 0 fully saturated rings. The second-order valence-electron chi connectivity index (χ2n) is 6.68. The molecule has 0 heterocycles. The van der Waals surface area contributed by atoms with Crippen LogP contribution in [0.1, 0.15) is 33.2 Å². The number of aliphatic hydroxyl groups excluding tert-OH is 1. The van der Waals surface area contributed by atoms with Crippen LogP contribution in [0.4, 0.5) is 5.69 Å². The highest BCUT2D eigenvalue weighted by Crippen LogP contribution is 2.43. The Hall–Kier alpha value is -3.95. The summed E-state index contributed by atoms with van der Waals surface area (Å²) >= 11 is 5.57. The van der Waals surface area contributed by atoms with E-state index in [1.807, 2.05) is 0 Å². The maximum atomic E-state index is 13.5. The molecule has 0 radical (unpaired) electrons. The predicted octanol–water partition coefficient (Wildman–Crippen LogP) is 3.87. The van der Waals surface area contributed by atoms with Crippen molar-refractivity contribution in [1.29, 1.82) is 0 Å². The van der Waals surface area contributed by atoms with Crippen LogP contribution < -0.4 is 14.8 Å². The van der Waals surface area contributed by atoms with Crippen LogP contribution in [0.15, 0.2) is 40.6 Å². The smallest absolute Gasteiger partial charge is 0.239 e. The fourth-order valence-corrected chi connectivity index (χ4v) is 3.46. The molecule has 0 bridgehead atoms. The van der Waals surface area contributed by atoms with E-state index in [1.165, 1.54) is 12.1 Å². The number of anilines is 1. The molecular weight excluding hydrogens is 454 g/mol. The number of carbonyl (C=O) groups is 2. The Morgan fingerprint density at radius 1 is 1.06 bits per heavy atom.